The number of sulfonamides is 1. The molecular weight excluding hydrogens is 262 g/mol. The van der Waals surface area contributed by atoms with E-state index in [1.807, 2.05) is 6.92 Å². The third-order valence-electron chi connectivity index (χ3n) is 3.38. The fourth-order valence-electron chi connectivity index (χ4n) is 2.22. The van der Waals surface area contributed by atoms with Crippen LogP contribution in [0.3, 0.4) is 0 Å². The summed E-state index contributed by atoms with van der Waals surface area (Å²) in [5, 5.41) is 0. The summed E-state index contributed by atoms with van der Waals surface area (Å²) in [6.45, 7) is 3.40. The summed E-state index contributed by atoms with van der Waals surface area (Å²) in [6, 6.07) is 6.84. The molecule has 0 bridgehead atoms. The van der Waals surface area contributed by atoms with Gasteiger partial charge in [0.1, 0.15) is 5.78 Å². The van der Waals surface area contributed by atoms with Crippen LogP contribution in [0.4, 0.5) is 0 Å². The van der Waals surface area contributed by atoms with Gasteiger partial charge in [-0.3, -0.25) is 4.79 Å². The van der Waals surface area contributed by atoms with Crippen molar-refractivity contribution < 1.29 is 13.2 Å². The first-order chi connectivity index (χ1) is 8.95. The molecule has 1 aliphatic carbocycles. The van der Waals surface area contributed by atoms with E-state index in [9.17, 15) is 13.2 Å². The van der Waals surface area contributed by atoms with Crippen molar-refractivity contribution in [3.8, 4) is 0 Å². The molecule has 1 aromatic carbocycles. The average Bonchev–Trinajstić information content (AvgIpc) is 3.13. The third-order valence-corrected chi connectivity index (χ3v) is 4.98. The van der Waals surface area contributed by atoms with Crippen molar-refractivity contribution in [1.29, 1.82) is 0 Å². The number of carbonyl (C=O) groups is 1. The van der Waals surface area contributed by atoms with Crippen molar-refractivity contribution >= 4 is 15.8 Å². The Labute approximate surface area is 114 Å². The smallest absolute Gasteiger partial charge is 0.241 e. The van der Waals surface area contributed by atoms with Gasteiger partial charge in [0.15, 0.2) is 0 Å². The van der Waals surface area contributed by atoms with Crippen LogP contribution in [0.25, 0.3) is 0 Å². The molecule has 1 unspecified atom stereocenters. The minimum Gasteiger partial charge on any atom is -0.299 e. The Balaban J connectivity index is 2.42. The lowest BCUT2D eigenvalue weighted by molar-refractivity contribution is -0.118. The number of hydrogen-bond acceptors (Lipinski definition) is 3. The summed E-state index contributed by atoms with van der Waals surface area (Å²) in [4.78, 5) is 11.9. The van der Waals surface area contributed by atoms with Gasteiger partial charge in [-0.1, -0.05) is 25.1 Å². The number of carbonyl (C=O) groups excluding carboxylic acids is 1. The molecule has 1 atom stereocenters. The second kappa shape index (κ2) is 5.43. The zero-order valence-electron chi connectivity index (χ0n) is 11.2. The van der Waals surface area contributed by atoms with Gasteiger partial charge in [-0.2, -0.15) is 0 Å². The Morgan fingerprint density at radius 3 is 2.53 bits per heavy atom. The monoisotopic (exact) mass is 281 g/mol. The van der Waals surface area contributed by atoms with Crippen molar-refractivity contribution in [2.75, 3.05) is 0 Å². The van der Waals surface area contributed by atoms with E-state index in [1.165, 1.54) is 6.92 Å². The fraction of sp³-hybridized carbons (Fsp3) is 0.500. The minimum absolute atomic E-state index is 0.00317. The number of nitrogens with one attached hydrogen (secondary N) is 1. The maximum absolute atomic E-state index is 12.3. The maximum atomic E-state index is 12.3. The Hall–Kier alpha value is -1.20. The SMILES string of the molecule is CCC(C(C)=O)c1ccccc1S(=O)(=O)NC1CC1. The van der Waals surface area contributed by atoms with Crippen LogP contribution in [0.5, 0.6) is 0 Å². The van der Waals surface area contributed by atoms with Gasteiger partial charge in [-0.05, 0) is 37.8 Å². The molecule has 19 heavy (non-hydrogen) atoms. The van der Waals surface area contributed by atoms with E-state index < -0.39 is 10.0 Å². The molecule has 104 valence electrons. The normalized spacial score (nSPS) is 17.2. The quantitative estimate of drug-likeness (QED) is 0.869. The summed E-state index contributed by atoms with van der Waals surface area (Å²) in [6.07, 6.45) is 2.39. The van der Waals surface area contributed by atoms with Crippen molar-refractivity contribution in [1.82, 2.24) is 4.72 Å². The van der Waals surface area contributed by atoms with Gasteiger partial charge in [0.05, 0.1) is 4.90 Å². The average molecular weight is 281 g/mol. The number of hydrogen-bond donors (Lipinski definition) is 1. The molecule has 0 heterocycles. The van der Waals surface area contributed by atoms with Crippen LogP contribution in [0.1, 0.15) is 44.6 Å². The highest BCUT2D eigenvalue weighted by molar-refractivity contribution is 7.89. The van der Waals surface area contributed by atoms with Crippen LogP contribution >= 0.6 is 0 Å². The summed E-state index contributed by atoms with van der Waals surface area (Å²) >= 11 is 0. The topological polar surface area (TPSA) is 63.2 Å². The maximum Gasteiger partial charge on any atom is 0.241 e. The van der Waals surface area contributed by atoms with Crippen LogP contribution in [-0.2, 0) is 14.8 Å². The second-order valence-corrected chi connectivity index (χ2v) is 6.69. The van der Waals surface area contributed by atoms with Crippen LogP contribution < -0.4 is 4.72 Å². The summed E-state index contributed by atoms with van der Waals surface area (Å²) in [7, 11) is -3.52. The molecule has 1 N–H and O–H groups in total. The molecule has 1 aliphatic rings. The van der Waals surface area contributed by atoms with E-state index in [0.29, 0.717) is 12.0 Å². The van der Waals surface area contributed by atoms with E-state index in [1.54, 1.807) is 24.3 Å². The standard InChI is InChI=1S/C14H19NO3S/c1-3-12(10(2)16)13-6-4-5-7-14(13)19(17,18)15-11-8-9-11/h4-7,11-12,15H,3,8-9H2,1-2H3. The van der Waals surface area contributed by atoms with Gasteiger partial charge in [0.25, 0.3) is 0 Å². The zero-order chi connectivity index (χ0) is 14.0. The number of Topliss-reactive ketones (excluding diaryl/α,β-unsaturated/α-hetero) is 1. The van der Waals surface area contributed by atoms with Gasteiger partial charge in [0.2, 0.25) is 10.0 Å². The highest BCUT2D eigenvalue weighted by Crippen LogP contribution is 2.29. The van der Waals surface area contributed by atoms with Crippen molar-refractivity contribution in [2.45, 2.75) is 50.0 Å². The lowest BCUT2D eigenvalue weighted by atomic mass is 9.93. The molecule has 1 saturated carbocycles. The summed E-state index contributed by atoms with van der Waals surface area (Å²) in [5.41, 5.74) is 0.602. The Kier molecular flexibility index (Phi) is 4.06. The highest BCUT2D eigenvalue weighted by Gasteiger charge is 2.31. The van der Waals surface area contributed by atoms with Crippen LogP contribution in [0.15, 0.2) is 29.2 Å². The fourth-order valence-corrected chi connectivity index (χ4v) is 3.80. The molecular formula is C14H19NO3S. The highest BCUT2D eigenvalue weighted by atomic mass is 32.2. The van der Waals surface area contributed by atoms with Gasteiger partial charge >= 0.3 is 0 Å². The van der Waals surface area contributed by atoms with E-state index in [4.69, 9.17) is 0 Å². The van der Waals surface area contributed by atoms with Crippen LogP contribution in [0.2, 0.25) is 0 Å². The van der Waals surface area contributed by atoms with Crippen molar-refractivity contribution in [3.63, 3.8) is 0 Å². The van der Waals surface area contributed by atoms with Gasteiger partial charge in [0, 0.05) is 12.0 Å². The van der Waals surface area contributed by atoms with E-state index >= 15 is 0 Å². The van der Waals surface area contributed by atoms with E-state index in [0.717, 1.165) is 12.8 Å². The van der Waals surface area contributed by atoms with Crippen molar-refractivity contribution in [3.05, 3.63) is 29.8 Å². The van der Waals surface area contributed by atoms with Gasteiger partial charge in [-0.15, -0.1) is 0 Å². The second-order valence-electron chi connectivity index (χ2n) is 5.00. The van der Waals surface area contributed by atoms with E-state index in [-0.39, 0.29) is 22.6 Å². The molecule has 5 heteroatoms. The Bertz CT molecular complexity index is 576. The predicted octanol–water partition coefficient (Wildman–Crippen LogP) is 2.21. The molecule has 0 radical (unpaired) electrons. The van der Waals surface area contributed by atoms with E-state index in [2.05, 4.69) is 4.72 Å². The number of rotatable bonds is 6. The molecule has 4 nitrogen and oxygen atoms in total. The van der Waals surface area contributed by atoms with Crippen LogP contribution in [-0.4, -0.2) is 20.2 Å². The lowest BCUT2D eigenvalue weighted by Gasteiger charge is -2.16. The van der Waals surface area contributed by atoms with Crippen LogP contribution in [0, 0.1) is 0 Å². The lowest BCUT2D eigenvalue weighted by Crippen LogP contribution is -2.27. The molecule has 0 amide bonds. The zero-order valence-corrected chi connectivity index (χ0v) is 12.0. The molecule has 0 spiro atoms. The largest absolute Gasteiger partial charge is 0.299 e. The third kappa shape index (κ3) is 3.22. The van der Waals surface area contributed by atoms with Gasteiger partial charge < -0.3 is 0 Å². The predicted molar refractivity (Wildman–Crippen MR) is 73.5 cm³/mol. The molecule has 0 aliphatic heterocycles. The van der Waals surface area contributed by atoms with Crippen molar-refractivity contribution in [2.24, 2.45) is 0 Å². The number of ketones is 1. The summed E-state index contributed by atoms with van der Waals surface area (Å²) < 4.78 is 27.3. The Morgan fingerprint density at radius 1 is 1.37 bits per heavy atom. The number of benzene rings is 1. The van der Waals surface area contributed by atoms with Gasteiger partial charge in [-0.25, -0.2) is 13.1 Å². The Morgan fingerprint density at radius 2 is 2.00 bits per heavy atom. The first-order valence-electron chi connectivity index (χ1n) is 6.57. The molecule has 2 rings (SSSR count). The molecule has 0 aromatic heterocycles. The molecule has 1 aromatic rings. The molecule has 0 saturated heterocycles. The first-order valence-corrected chi connectivity index (χ1v) is 8.05. The first kappa shape index (κ1) is 14.2. The molecule has 1 fully saturated rings. The minimum atomic E-state index is -3.52. The summed E-state index contributed by atoms with van der Waals surface area (Å²) in [5.74, 6) is -0.358.